The van der Waals surface area contributed by atoms with Crippen molar-refractivity contribution in [1.29, 1.82) is 0 Å². The number of carbonyl (C=O) groups is 1. The Labute approximate surface area is 206 Å². The average Bonchev–Trinajstić information content (AvgIpc) is 2.79. The number of nitrogens with one attached hydrogen (secondary N) is 2. The standard InChI is InChI=1S/C24H28BrN3O4S/c1-23(32-3)13-5-4-8-20(23)27-22(29)21-19(26-16-15-25)7-6-14-24(21,2)33-18-11-9-17(10-12-18)28(30)31/h4-12,26H,13-16H2,1-3H3,(H,27,29). The van der Waals surface area contributed by atoms with Gasteiger partial charge >= 0.3 is 0 Å². The molecule has 3 rings (SSSR count). The summed E-state index contributed by atoms with van der Waals surface area (Å²) in [7, 11) is 1.64. The summed E-state index contributed by atoms with van der Waals surface area (Å²) in [6, 6.07) is 6.43. The van der Waals surface area contributed by atoms with Crippen molar-refractivity contribution in [3.05, 3.63) is 81.7 Å². The molecular weight excluding hydrogens is 506 g/mol. The van der Waals surface area contributed by atoms with E-state index in [9.17, 15) is 14.9 Å². The highest BCUT2D eigenvalue weighted by Gasteiger charge is 2.40. The smallest absolute Gasteiger partial charge is 0.269 e. The van der Waals surface area contributed by atoms with E-state index in [1.165, 1.54) is 23.9 Å². The van der Waals surface area contributed by atoms with Gasteiger partial charge in [-0.1, -0.05) is 34.2 Å². The van der Waals surface area contributed by atoms with Crippen molar-refractivity contribution < 1.29 is 14.5 Å². The number of hydrogen-bond acceptors (Lipinski definition) is 6. The van der Waals surface area contributed by atoms with Crippen molar-refractivity contribution in [3.8, 4) is 0 Å². The first-order valence-corrected chi connectivity index (χ1v) is 12.5. The van der Waals surface area contributed by atoms with Crippen molar-refractivity contribution in [2.45, 2.75) is 41.9 Å². The number of benzene rings is 1. The van der Waals surface area contributed by atoms with Gasteiger partial charge < -0.3 is 15.4 Å². The molecule has 2 N–H and O–H groups in total. The van der Waals surface area contributed by atoms with Gasteiger partial charge in [0.15, 0.2) is 0 Å². The van der Waals surface area contributed by atoms with E-state index in [2.05, 4.69) is 26.6 Å². The molecule has 0 radical (unpaired) electrons. The third kappa shape index (κ3) is 5.77. The molecule has 9 heteroatoms. The predicted octanol–water partition coefficient (Wildman–Crippen LogP) is 5.01. The minimum Gasteiger partial charge on any atom is -0.384 e. The number of hydrogen-bond donors (Lipinski definition) is 2. The number of alkyl halides is 1. The van der Waals surface area contributed by atoms with E-state index in [1.54, 1.807) is 19.2 Å². The van der Waals surface area contributed by atoms with E-state index in [4.69, 9.17) is 4.74 Å². The Kier molecular flexibility index (Phi) is 8.20. The molecule has 0 saturated carbocycles. The molecular formula is C24H28BrN3O4S. The first kappa shape index (κ1) is 25.3. The molecule has 0 spiro atoms. The number of carbonyl (C=O) groups excluding carboxylic acids is 1. The minimum absolute atomic E-state index is 0.0392. The predicted molar refractivity (Wildman–Crippen MR) is 135 cm³/mol. The summed E-state index contributed by atoms with van der Waals surface area (Å²) >= 11 is 4.95. The number of amides is 1. The van der Waals surface area contributed by atoms with Crippen LogP contribution in [0, 0.1) is 10.1 Å². The van der Waals surface area contributed by atoms with Crippen LogP contribution >= 0.6 is 27.7 Å². The number of rotatable bonds is 9. The first-order chi connectivity index (χ1) is 15.7. The van der Waals surface area contributed by atoms with Crippen molar-refractivity contribution in [3.63, 3.8) is 0 Å². The number of nitro benzene ring substituents is 1. The molecule has 0 bridgehead atoms. The van der Waals surface area contributed by atoms with Gasteiger partial charge in [0.05, 0.1) is 20.9 Å². The highest BCUT2D eigenvalue weighted by atomic mass is 79.9. The fourth-order valence-corrected chi connectivity index (χ4v) is 5.32. The molecule has 2 unspecified atom stereocenters. The van der Waals surface area contributed by atoms with Crippen LogP contribution < -0.4 is 10.6 Å². The number of nitro groups is 1. The van der Waals surface area contributed by atoms with Crippen molar-refractivity contribution >= 4 is 39.3 Å². The quantitative estimate of drug-likeness (QED) is 0.263. The molecule has 0 aromatic heterocycles. The highest BCUT2D eigenvalue weighted by molar-refractivity contribution is 9.09. The largest absolute Gasteiger partial charge is 0.384 e. The second-order valence-corrected chi connectivity index (χ2v) is 10.6. The zero-order valence-electron chi connectivity index (χ0n) is 18.9. The van der Waals surface area contributed by atoms with E-state index in [0.717, 1.165) is 15.9 Å². The Hall–Kier alpha value is -2.36. The molecule has 176 valence electrons. The molecule has 2 atom stereocenters. The Morgan fingerprint density at radius 1 is 1.24 bits per heavy atom. The maximum Gasteiger partial charge on any atom is 0.269 e. The summed E-state index contributed by atoms with van der Waals surface area (Å²) < 4.78 is 5.12. The molecule has 33 heavy (non-hydrogen) atoms. The molecule has 1 aromatic carbocycles. The summed E-state index contributed by atoms with van der Waals surface area (Å²) in [6.07, 6.45) is 11.1. The zero-order valence-corrected chi connectivity index (χ0v) is 21.3. The first-order valence-electron chi connectivity index (χ1n) is 10.6. The van der Waals surface area contributed by atoms with Gasteiger partial charge in [-0.3, -0.25) is 14.9 Å². The second-order valence-electron chi connectivity index (χ2n) is 8.20. The number of non-ortho nitro benzene ring substituents is 1. The van der Waals surface area contributed by atoms with E-state index >= 15 is 0 Å². The molecule has 2 aliphatic rings. The van der Waals surface area contributed by atoms with E-state index < -0.39 is 15.3 Å². The van der Waals surface area contributed by atoms with E-state index in [0.29, 0.717) is 30.7 Å². The van der Waals surface area contributed by atoms with Gasteiger partial charge in [0.25, 0.3) is 11.6 Å². The van der Waals surface area contributed by atoms with Crippen LogP contribution in [0.4, 0.5) is 5.69 Å². The number of methoxy groups -OCH3 is 1. The van der Waals surface area contributed by atoms with Crippen molar-refractivity contribution in [2.75, 3.05) is 19.0 Å². The van der Waals surface area contributed by atoms with Crippen LogP contribution in [0.2, 0.25) is 0 Å². The van der Waals surface area contributed by atoms with Crippen LogP contribution in [0.1, 0.15) is 26.7 Å². The molecule has 7 nitrogen and oxygen atoms in total. The maximum atomic E-state index is 13.7. The third-order valence-electron chi connectivity index (χ3n) is 5.79. The molecule has 2 aliphatic carbocycles. The molecule has 0 fully saturated rings. The monoisotopic (exact) mass is 533 g/mol. The van der Waals surface area contributed by atoms with Crippen LogP contribution in [0.5, 0.6) is 0 Å². The Balaban J connectivity index is 1.95. The number of allylic oxidation sites excluding steroid dienone is 4. The lowest BCUT2D eigenvalue weighted by Crippen LogP contribution is -2.45. The summed E-state index contributed by atoms with van der Waals surface area (Å²) in [5, 5.41) is 18.2. The zero-order chi connectivity index (χ0) is 24.1. The fourth-order valence-electron chi connectivity index (χ4n) is 3.85. The number of thioether (sulfide) groups is 1. The van der Waals surface area contributed by atoms with Crippen molar-refractivity contribution in [1.82, 2.24) is 10.6 Å². The van der Waals surface area contributed by atoms with Gasteiger partial charge in [0.1, 0.15) is 5.60 Å². The van der Waals surface area contributed by atoms with Gasteiger partial charge in [-0.2, -0.15) is 0 Å². The fraction of sp³-hybridized carbons (Fsp3) is 0.375. The van der Waals surface area contributed by atoms with E-state index in [-0.39, 0.29) is 11.6 Å². The summed E-state index contributed by atoms with van der Waals surface area (Å²) in [4.78, 5) is 25.2. The Bertz CT molecular complexity index is 1030. The normalized spacial score (nSPS) is 24.4. The summed E-state index contributed by atoms with van der Waals surface area (Å²) in [5.74, 6) is -0.196. The summed E-state index contributed by atoms with van der Waals surface area (Å²) in [5.41, 5.74) is 1.53. The van der Waals surface area contributed by atoms with Crippen LogP contribution in [-0.2, 0) is 9.53 Å². The second kappa shape index (κ2) is 10.7. The van der Waals surface area contributed by atoms with Gasteiger partial charge in [0.2, 0.25) is 0 Å². The van der Waals surface area contributed by atoms with Crippen molar-refractivity contribution in [2.24, 2.45) is 0 Å². The number of halogens is 1. The Morgan fingerprint density at radius 3 is 2.61 bits per heavy atom. The van der Waals surface area contributed by atoms with Crippen LogP contribution in [0.15, 0.2) is 76.5 Å². The Morgan fingerprint density at radius 2 is 1.97 bits per heavy atom. The molecule has 0 saturated heterocycles. The lowest BCUT2D eigenvalue weighted by atomic mass is 9.88. The maximum absolute atomic E-state index is 13.7. The van der Waals surface area contributed by atoms with Crippen LogP contribution in [0.25, 0.3) is 0 Å². The average molecular weight is 534 g/mol. The molecule has 0 aliphatic heterocycles. The third-order valence-corrected chi connectivity index (χ3v) is 7.52. The van der Waals surface area contributed by atoms with Crippen LogP contribution in [0.3, 0.4) is 0 Å². The lowest BCUT2D eigenvalue weighted by Gasteiger charge is -2.37. The van der Waals surface area contributed by atoms with Gasteiger partial charge in [-0.05, 0) is 44.6 Å². The minimum atomic E-state index is -0.610. The lowest BCUT2D eigenvalue weighted by molar-refractivity contribution is -0.384. The SMILES string of the molecule is COC1(C)CC=CC=C1NC(=O)C1=C(NCCBr)C=CCC1(C)Sc1ccc([N+](=O)[O-])cc1. The topological polar surface area (TPSA) is 93.5 Å². The molecule has 1 aromatic rings. The molecule has 1 amide bonds. The van der Waals surface area contributed by atoms with Gasteiger partial charge in [0, 0.05) is 48.1 Å². The van der Waals surface area contributed by atoms with Crippen LogP contribution in [-0.4, -0.2) is 40.2 Å². The van der Waals surface area contributed by atoms with E-state index in [1.807, 2.05) is 44.2 Å². The highest BCUT2D eigenvalue weighted by Crippen LogP contribution is 2.45. The molecule has 0 heterocycles. The van der Waals surface area contributed by atoms with Gasteiger partial charge in [-0.15, -0.1) is 11.8 Å². The number of ether oxygens (including phenoxy) is 1. The van der Waals surface area contributed by atoms with Gasteiger partial charge in [-0.25, -0.2) is 0 Å². The number of nitrogens with zero attached hydrogens (tertiary/aromatic N) is 1. The summed E-state index contributed by atoms with van der Waals surface area (Å²) in [6.45, 7) is 4.64.